The van der Waals surface area contributed by atoms with E-state index in [4.69, 9.17) is 0 Å². The van der Waals surface area contributed by atoms with E-state index in [0.29, 0.717) is 0 Å². The first-order chi connectivity index (χ1) is 8.11. The second kappa shape index (κ2) is 4.89. The first-order valence-corrected chi connectivity index (χ1v) is 6.31. The highest BCUT2D eigenvalue weighted by molar-refractivity contribution is 7.28. The Hall–Kier alpha value is -1.33. The molecule has 0 fully saturated rings. The molecule has 2 heteroatoms. The normalized spacial score (nSPS) is 10.4. The minimum absolute atomic E-state index is 1.24. The van der Waals surface area contributed by atoms with Crippen LogP contribution in [0.15, 0.2) is 42.5 Å². The second-order valence-electron chi connectivity index (χ2n) is 4.46. The average molecular weight is 243 g/mol. The van der Waals surface area contributed by atoms with Gasteiger partial charge in [0.25, 0.3) is 0 Å². The molecule has 0 aromatic heterocycles. The zero-order valence-electron chi connectivity index (χ0n) is 10.6. The maximum atomic E-state index is 2.82. The molecular formula is C15H18NP. The number of anilines is 1. The molecule has 2 rings (SSSR count). The first kappa shape index (κ1) is 12.1. The van der Waals surface area contributed by atoms with E-state index in [1.807, 2.05) is 0 Å². The molecule has 0 aliphatic rings. The van der Waals surface area contributed by atoms with Crippen LogP contribution in [-0.2, 0) is 0 Å². The van der Waals surface area contributed by atoms with Crippen molar-refractivity contribution in [2.75, 3.05) is 19.0 Å². The van der Waals surface area contributed by atoms with Gasteiger partial charge in [-0.15, -0.1) is 9.24 Å². The molecule has 0 heterocycles. The van der Waals surface area contributed by atoms with E-state index in [2.05, 4.69) is 77.6 Å². The van der Waals surface area contributed by atoms with Gasteiger partial charge >= 0.3 is 0 Å². The van der Waals surface area contributed by atoms with Gasteiger partial charge in [-0.2, -0.15) is 0 Å². The minimum atomic E-state index is 1.24. The van der Waals surface area contributed by atoms with Crippen molar-refractivity contribution in [2.24, 2.45) is 0 Å². The summed E-state index contributed by atoms with van der Waals surface area (Å²) in [5.74, 6) is 0. The van der Waals surface area contributed by atoms with Gasteiger partial charge in [0.15, 0.2) is 0 Å². The Morgan fingerprint density at radius 1 is 0.941 bits per heavy atom. The average Bonchev–Trinajstić information content (AvgIpc) is 2.32. The smallest absolute Gasteiger partial charge is 0.0516 e. The Kier molecular flexibility index (Phi) is 3.49. The van der Waals surface area contributed by atoms with Gasteiger partial charge in [-0.1, -0.05) is 42.5 Å². The van der Waals surface area contributed by atoms with Crippen LogP contribution in [0, 0.1) is 6.92 Å². The predicted octanol–water partition coefficient (Wildman–Crippen LogP) is 3.23. The van der Waals surface area contributed by atoms with Crippen LogP contribution in [0.3, 0.4) is 0 Å². The Balaban J connectivity index is 2.72. The van der Waals surface area contributed by atoms with Gasteiger partial charge in [0.1, 0.15) is 0 Å². The molecule has 0 saturated carbocycles. The molecule has 17 heavy (non-hydrogen) atoms. The van der Waals surface area contributed by atoms with Gasteiger partial charge in [-0.05, 0) is 23.4 Å². The molecule has 0 amide bonds. The summed E-state index contributed by atoms with van der Waals surface area (Å²) in [6, 6.07) is 14.9. The van der Waals surface area contributed by atoms with E-state index in [1.54, 1.807) is 0 Å². The summed E-state index contributed by atoms with van der Waals surface area (Å²) in [7, 11) is 7.01. The SMILES string of the molecule is Cc1ccc(P)c(N(C)C)c1-c1ccccc1. The van der Waals surface area contributed by atoms with Gasteiger partial charge in [-0.25, -0.2) is 0 Å². The molecule has 2 aromatic carbocycles. The van der Waals surface area contributed by atoms with Crippen LogP contribution in [0.25, 0.3) is 11.1 Å². The number of nitrogens with zero attached hydrogens (tertiary/aromatic N) is 1. The lowest BCUT2D eigenvalue weighted by atomic mass is 9.98. The summed E-state index contributed by atoms with van der Waals surface area (Å²) in [4.78, 5) is 2.18. The summed E-state index contributed by atoms with van der Waals surface area (Å²) in [6.45, 7) is 2.17. The molecule has 0 saturated heterocycles. The van der Waals surface area contributed by atoms with Crippen LogP contribution in [-0.4, -0.2) is 14.1 Å². The molecule has 2 aromatic rings. The maximum absolute atomic E-state index is 2.82. The van der Waals surface area contributed by atoms with Gasteiger partial charge in [0, 0.05) is 19.7 Å². The molecule has 0 bridgehead atoms. The maximum Gasteiger partial charge on any atom is 0.0516 e. The van der Waals surface area contributed by atoms with Gasteiger partial charge in [-0.3, -0.25) is 0 Å². The first-order valence-electron chi connectivity index (χ1n) is 5.73. The third-order valence-electron chi connectivity index (χ3n) is 2.93. The van der Waals surface area contributed by atoms with E-state index >= 15 is 0 Å². The molecule has 0 aliphatic carbocycles. The summed E-state index contributed by atoms with van der Waals surface area (Å²) in [5.41, 5.74) is 5.19. The molecule has 0 spiro atoms. The van der Waals surface area contributed by atoms with E-state index in [0.717, 1.165) is 0 Å². The van der Waals surface area contributed by atoms with Crippen molar-refractivity contribution in [3.8, 4) is 11.1 Å². The zero-order valence-corrected chi connectivity index (χ0v) is 11.7. The van der Waals surface area contributed by atoms with Crippen LogP contribution in [0.4, 0.5) is 5.69 Å². The summed E-state index contributed by atoms with van der Waals surface area (Å²) < 4.78 is 0. The fraction of sp³-hybridized carbons (Fsp3) is 0.200. The Morgan fingerprint density at radius 3 is 2.18 bits per heavy atom. The van der Waals surface area contributed by atoms with Crippen molar-refractivity contribution in [3.05, 3.63) is 48.0 Å². The topological polar surface area (TPSA) is 3.24 Å². The number of hydrogen-bond donors (Lipinski definition) is 0. The minimum Gasteiger partial charge on any atom is -0.377 e. The van der Waals surface area contributed by atoms with Crippen LogP contribution in [0.2, 0.25) is 0 Å². The van der Waals surface area contributed by atoms with E-state index in [9.17, 15) is 0 Å². The third-order valence-corrected chi connectivity index (χ3v) is 3.39. The molecule has 1 nitrogen and oxygen atoms in total. The second-order valence-corrected chi connectivity index (χ2v) is 5.08. The highest BCUT2D eigenvalue weighted by atomic mass is 31.0. The largest absolute Gasteiger partial charge is 0.377 e. The van der Waals surface area contributed by atoms with Crippen LogP contribution in [0.1, 0.15) is 5.56 Å². The zero-order chi connectivity index (χ0) is 12.4. The highest BCUT2D eigenvalue weighted by Crippen LogP contribution is 2.32. The number of rotatable bonds is 2. The lowest BCUT2D eigenvalue weighted by Crippen LogP contribution is -2.17. The van der Waals surface area contributed by atoms with E-state index < -0.39 is 0 Å². The van der Waals surface area contributed by atoms with Crippen molar-refractivity contribution in [2.45, 2.75) is 6.92 Å². The van der Waals surface area contributed by atoms with Crippen molar-refractivity contribution >= 4 is 20.2 Å². The standard InChI is InChI=1S/C15H18NP/c1-11-9-10-13(17)15(16(2)3)14(11)12-7-5-4-6-8-12/h4-10H,17H2,1-3H3. The molecule has 88 valence electrons. The van der Waals surface area contributed by atoms with Crippen molar-refractivity contribution in [3.63, 3.8) is 0 Å². The fourth-order valence-electron chi connectivity index (χ4n) is 2.16. The Bertz CT molecular complexity index is 518. The molecule has 1 unspecified atom stereocenters. The number of aryl methyl sites for hydroxylation is 1. The Labute approximate surface area is 106 Å². The van der Waals surface area contributed by atoms with Gasteiger partial charge in [0.2, 0.25) is 0 Å². The molecule has 1 atom stereocenters. The summed E-state index contributed by atoms with van der Waals surface area (Å²) in [6.07, 6.45) is 0. The predicted molar refractivity (Wildman–Crippen MR) is 80.3 cm³/mol. The summed E-state index contributed by atoms with van der Waals surface area (Å²) >= 11 is 0. The van der Waals surface area contributed by atoms with E-state index in [1.165, 1.54) is 27.7 Å². The molecular weight excluding hydrogens is 225 g/mol. The number of hydrogen-bond acceptors (Lipinski definition) is 1. The van der Waals surface area contributed by atoms with Gasteiger partial charge < -0.3 is 4.90 Å². The van der Waals surface area contributed by atoms with Crippen molar-refractivity contribution in [1.82, 2.24) is 0 Å². The lowest BCUT2D eigenvalue weighted by molar-refractivity contribution is 1.14. The fourth-order valence-corrected chi connectivity index (χ4v) is 2.66. The van der Waals surface area contributed by atoms with Crippen molar-refractivity contribution < 1.29 is 0 Å². The van der Waals surface area contributed by atoms with Crippen LogP contribution < -0.4 is 10.2 Å². The molecule has 0 aliphatic heterocycles. The number of benzene rings is 2. The lowest BCUT2D eigenvalue weighted by Gasteiger charge is -2.22. The molecule has 0 N–H and O–H groups in total. The quantitative estimate of drug-likeness (QED) is 0.732. The monoisotopic (exact) mass is 243 g/mol. The highest BCUT2D eigenvalue weighted by Gasteiger charge is 2.12. The van der Waals surface area contributed by atoms with E-state index in [-0.39, 0.29) is 0 Å². The van der Waals surface area contributed by atoms with Crippen LogP contribution in [0.5, 0.6) is 0 Å². The Morgan fingerprint density at radius 2 is 1.59 bits per heavy atom. The molecule has 0 radical (unpaired) electrons. The van der Waals surface area contributed by atoms with Crippen molar-refractivity contribution in [1.29, 1.82) is 0 Å². The third kappa shape index (κ3) is 2.35. The summed E-state index contributed by atoms with van der Waals surface area (Å²) in [5, 5.41) is 1.24. The van der Waals surface area contributed by atoms with Crippen LogP contribution >= 0.6 is 9.24 Å². The van der Waals surface area contributed by atoms with Gasteiger partial charge in [0.05, 0.1) is 5.69 Å².